The molecule has 2 rings (SSSR count). The first-order valence-corrected chi connectivity index (χ1v) is 5.49. The van der Waals surface area contributed by atoms with Gasteiger partial charge in [0.15, 0.2) is 0 Å². The zero-order valence-electron chi connectivity index (χ0n) is 9.11. The van der Waals surface area contributed by atoms with Crippen LogP contribution in [0.2, 0.25) is 0 Å². The molecule has 1 aromatic carbocycles. The van der Waals surface area contributed by atoms with E-state index in [-0.39, 0.29) is 0 Å². The number of carbonyl (C=O) groups is 1. The molecule has 0 aromatic heterocycles. The Morgan fingerprint density at radius 2 is 2.19 bits per heavy atom. The highest BCUT2D eigenvalue weighted by Crippen LogP contribution is 2.32. The third kappa shape index (κ3) is 2.66. The standard InChI is InChI=1S/C12H16N2O2/c13-11-4-3-9(7-10(11)12(14)15)16-6-5-8-1-2-8/h3-4,7-8H,1-2,5-6,13H2,(H2,14,15). The molecule has 0 unspecified atom stereocenters. The maximum atomic E-state index is 11.1. The van der Waals surface area contributed by atoms with E-state index in [1.165, 1.54) is 12.8 Å². The highest BCUT2D eigenvalue weighted by Gasteiger charge is 2.20. The zero-order valence-corrected chi connectivity index (χ0v) is 9.11. The molecule has 0 aliphatic heterocycles. The van der Waals surface area contributed by atoms with Gasteiger partial charge in [-0.05, 0) is 30.5 Å². The molecule has 4 N–H and O–H groups in total. The second kappa shape index (κ2) is 4.43. The van der Waals surface area contributed by atoms with Crippen molar-refractivity contribution < 1.29 is 9.53 Å². The van der Waals surface area contributed by atoms with Crippen molar-refractivity contribution in [2.75, 3.05) is 12.3 Å². The third-order valence-electron chi connectivity index (χ3n) is 2.78. The molecule has 16 heavy (non-hydrogen) atoms. The smallest absolute Gasteiger partial charge is 0.250 e. The minimum absolute atomic E-state index is 0.323. The SMILES string of the molecule is NC(=O)c1cc(OCCC2CC2)ccc1N. The number of rotatable bonds is 5. The Morgan fingerprint density at radius 3 is 2.81 bits per heavy atom. The monoisotopic (exact) mass is 220 g/mol. The molecule has 1 aromatic rings. The van der Waals surface area contributed by atoms with Crippen LogP contribution in [0.1, 0.15) is 29.6 Å². The van der Waals surface area contributed by atoms with Crippen molar-refractivity contribution in [1.82, 2.24) is 0 Å². The van der Waals surface area contributed by atoms with Gasteiger partial charge in [-0.2, -0.15) is 0 Å². The molecule has 1 amide bonds. The normalized spacial score (nSPS) is 14.8. The van der Waals surface area contributed by atoms with Crippen molar-refractivity contribution >= 4 is 11.6 Å². The van der Waals surface area contributed by atoms with Gasteiger partial charge in [0.25, 0.3) is 5.91 Å². The Bertz CT molecular complexity index is 400. The summed E-state index contributed by atoms with van der Waals surface area (Å²) in [6.07, 6.45) is 3.71. The van der Waals surface area contributed by atoms with Gasteiger partial charge in [0.2, 0.25) is 0 Å². The molecule has 1 fully saturated rings. The molecule has 0 radical (unpaired) electrons. The molecular formula is C12H16N2O2. The van der Waals surface area contributed by atoms with E-state index in [1.807, 2.05) is 0 Å². The van der Waals surface area contributed by atoms with E-state index in [9.17, 15) is 4.79 Å². The number of ether oxygens (including phenoxy) is 1. The Kier molecular flexibility index (Phi) is 2.99. The summed E-state index contributed by atoms with van der Waals surface area (Å²) < 4.78 is 5.54. The summed E-state index contributed by atoms with van der Waals surface area (Å²) in [6, 6.07) is 5.01. The highest BCUT2D eigenvalue weighted by molar-refractivity contribution is 5.98. The summed E-state index contributed by atoms with van der Waals surface area (Å²) in [4.78, 5) is 11.1. The number of nitrogen functional groups attached to an aromatic ring is 1. The topological polar surface area (TPSA) is 78.3 Å². The van der Waals surface area contributed by atoms with Crippen LogP contribution < -0.4 is 16.2 Å². The molecule has 0 saturated heterocycles. The van der Waals surface area contributed by atoms with Crippen molar-refractivity contribution in [3.8, 4) is 5.75 Å². The maximum absolute atomic E-state index is 11.1. The summed E-state index contributed by atoms with van der Waals surface area (Å²) in [6.45, 7) is 0.687. The summed E-state index contributed by atoms with van der Waals surface area (Å²) in [7, 11) is 0. The van der Waals surface area contributed by atoms with Crippen molar-refractivity contribution in [3.63, 3.8) is 0 Å². The van der Waals surface area contributed by atoms with E-state index in [0.717, 1.165) is 12.3 Å². The molecule has 0 spiro atoms. The van der Waals surface area contributed by atoms with Gasteiger partial charge in [-0.3, -0.25) is 4.79 Å². The van der Waals surface area contributed by atoms with Crippen LogP contribution in [0.3, 0.4) is 0 Å². The Balaban J connectivity index is 1.97. The average molecular weight is 220 g/mol. The molecule has 0 atom stereocenters. The number of anilines is 1. The quantitative estimate of drug-likeness (QED) is 0.739. The first-order valence-electron chi connectivity index (χ1n) is 5.49. The molecule has 86 valence electrons. The van der Waals surface area contributed by atoms with Crippen molar-refractivity contribution in [3.05, 3.63) is 23.8 Å². The summed E-state index contributed by atoms with van der Waals surface area (Å²) in [5.41, 5.74) is 11.5. The number of benzene rings is 1. The van der Waals surface area contributed by atoms with E-state index < -0.39 is 5.91 Å². The minimum Gasteiger partial charge on any atom is -0.494 e. The number of amides is 1. The van der Waals surface area contributed by atoms with E-state index >= 15 is 0 Å². The predicted octanol–water partition coefficient (Wildman–Crippen LogP) is 1.55. The molecule has 4 nitrogen and oxygen atoms in total. The lowest BCUT2D eigenvalue weighted by molar-refractivity contribution is 0.100. The molecule has 1 aliphatic carbocycles. The number of carbonyl (C=O) groups excluding carboxylic acids is 1. The average Bonchev–Trinajstić information content (AvgIpc) is 3.04. The van der Waals surface area contributed by atoms with E-state index in [2.05, 4.69) is 0 Å². The highest BCUT2D eigenvalue weighted by atomic mass is 16.5. The number of nitrogens with two attached hydrogens (primary N) is 2. The van der Waals surface area contributed by atoms with Crippen LogP contribution in [0.25, 0.3) is 0 Å². The predicted molar refractivity (Wildman–Crippen MR) is 62.2 cm³/mol. The van der Waals surface area contributed by atoms with Crippen LogP contribution in [-0.4, -0.2) is 12.5 Å². The number of primary amides is 1. The maximum Gasteiger partial charge on any atom is 0.250 e. The van der Waals surface area contributed by atoms with Gasteiger partial charge in [0.1, 0.15) is 5.75 Å². The lowest BCUT2D eigenvalue weighted by Gasteiger charge is -2.08. The minimum atomic E-state index is -0.523. The van der Waals surface area contributed by atoms with Gasteiger partial charge in [-0.1, -0.05) is 12.8 Å². The van der Waals surface area contributed by atoms with Crippen LogP contribution in [0, 0.1) is 5.92 Å². The van der Waals surface area contributed by atoms with Crippen LogP contribution >= 0.6 is 0 Å². The summed E-state index contributed by atoms with van der Waals surface area (Å²) in [5.74, 6) is 0.971. The molecule has 1 saturated carbocycles. The molecule has 0 heterocycles. The fourth-order valence-electron chi connectivity index (χ4n) is 1.59. The van der Waals surface area contributed by atoms with Gasteiger partial charge in [0, 0.05) is 5.69 Å². The fourth-order valence-corrected chi connectivity index (χ4v) is 1.59. The largest absolute Gasteiger partial charge is 0.494 e. The first-order chi connectivity index (χ1) is 7.66. The number of hydrogen-bond donors (Lipinski definition) is 2. The van der Waals surface area contributed by atoms with E-state index in [1.54, 1.807) is 18.2 Å². The number of hydrogen-bond acceptors (Lipinski definition) is 3. The zero-order chi connectivity index (χ0) is 11.5. The summed E-state index contributed by atoms with van der Waals surface area (Å²) in [5, 5.41) is 0. The van der Waals surface area contributed by atoms with Crippen molar-refractivity contribution in [1.29, 1.82) is 0 Å². The second-order valence-corrected chi connectivity index (χ2v) is 4.19. The van der Waals surface area contributed by atoms with Crippen LogP contribution in [0.5, 0.6) is 5.75 Å². The second-order valence-electron chi connectivity index (χ2n) is 4.19. The van der Waals surface area contributed by atoms with E-state index in [4.69, 9.17) is 16.2 Å². The van der Waals surface area contributed by atoms with Gasteiger partial charge >= 0.3 is 0 Å². The van der Waals surface area contributed by atoms with Crippen molar-refractivity contribution in [2.24, 2.45) is 11.7 Å². The molecule has 1 aliphatic rings. The fraction of sp³-hybridized carbons (Fsp3) is 0.417. The Morgan fingerprint density at radius 1 is 1.44 bits per heavy atom. The Hall–Kier alpha value is -1.71. The van der Waals surface area contributed by atoms with Gasteiger partial charge < -0.3 is 16.2 Å². The van der Waals surface area contributed by atoms with Crippen LogP contribution in [0.15, 0.2) is 18.2 Å². The van der Waals surface area contributed by atoms with E-state index in [0.29, 0.717) is 23.6 Å². The van der Waals surface area contributed by atoms with Gasteiger partial charge in [0.05, 0.1) is 12.2 Å². The van der Waals surface area contributed by atoms with Gasteiger partial charge in [-0.15, -0.1) is 0 Å². The first kappa shape index (κ1) is 10.8. The summed E-state index contributed by atoms with van der Waals surface area (Å²) >= 11 is 0. The van der Waals surface area contributed by atoms with Crippen LogP contribution in [-0.2, 0) is 0 Å². The molecule has 0 bridgehead atoms. The van der Waals surface area contributed by atoms with Crippen molar-refractivity contribution in [2.45, 2.75) is 19.3 Å². The molecular weight excluding hydrogens is 204 g/mol. The third-order valence-corrected chi connectivity index (χ3v) is 2.78. The lowest BCUT2D eigenvalue weighted by Crippen LogP contribution is -2.13. The van der Waals surface area contributed by atoms with Gasteiger partial charge in [-0.25, -0.2) is 0 Å². The Labute approximate surface area is 94.6 Å². The molecule has 4 heteroatoms. The van der Waals surface area contributed by atoms with Crippen LogP contribution in [0.4, 0.5) is 5.69 Å². The lowest BCUT2D eigenvalue weighted by atomic mass is 10.1.